The zero-order valence-corrected chi connectivity index (χ0v) is 14.2. The van der Waals surface area contributed by atoms with E-state index < -0.39 is 15.0 Å². The molecule has 0 radical (unpaired) electrons. The van der Waals surface area contributed by atoms with Gasteiger partial charge in [-0.2, -0.15) is 0 Å². The van der Waals surface area contributed by atoms with Crippen molar-refractivity contribution < 1.29 is 19.0 Å². The molecule has 1 aromatic rings. The molecule has 9 heteroatoms. The molecule has 0 fully saturated rings. The lowest BCUT2D eigenvalue weighted by Gasteiger charge is -2.16. The van der Waals surface area contributed by atoms with Gasteiger partial charge in [0.15, 0.2) is 11.5 Å². The van der Waals surface area contributed by atoms with Gasteiger partial charge in [0.1, 0.15) is 6.61 Å². The number of nitrogens with one attached hydrogen (secondary N) is 1. The van der Waals surface area contributed by atoms with E-state index in [2.05, 4.69) is 4.72 Å². The highest BCUT2D eigenvalue weighted by atomic mass is 35.6. The van der Waals surface area contributed by atoms with Crippen molar-refractivity contribution in [3.05, 3.63) is 23.8 Å². The minimum Gasteiger partial charge on any atom is -0.449 e. The van der Waals surface area contributed by atoms with Crippen LogP contribution in [0.4, 0.5) is 4.79 Å². The highest BCUT2D eigenvalue weighted by molar-refractivity contribution is 8.03. The molecule has 116 valence electrons. The molecule has 1 aromatic carbocycles. The number of fused-ring (bicyclic) bond motifs is 1. The molecule has 0 bridgehead atoms. The lowest BCUT2D eigenvalue weighted by molar-refractivity contribution is -0.0437. The van der Waals surface area contributed by atoms with Crippen LogP contribution in [0, 0.1) is 0 Å². The maximum atomic E-state index is 11.5. The largest absolute Gasteiger partial charge is 0.449 e. The van der Waals surface area contributed by atoms with Gasteiger partial charge in [-0.15, -0.1) is 0 Å². The molecule has 0 saturated carbocycles. The Morgan fingerprint density at radius 1 is 1.38 bits per heavy atom. The molecule has 0 saturated heterocycles. The summed E-state index contributed by atoms with van der Waals surface area (Å²) < 4.78 is 16.9. The predicted molar refractivity (Wildman–Crippen MR) is 83.0 cm³/mol. The number of alkyl halides is 3. The Bertz CT molecular complexity index is 548. The maximum Gasteiger partial charge on any atom is 0.417 e. The molecule has 1 N–H and O–H groups in total. The van der Waals surface area contributed by atoms with Crippen molar-refractivity contribution in [2.45, 2.75) is 29.4 Å². The quantitative estimate of drug-likeness (QED) is 0.629. The van der Waals surface area contributed by atoms with Crippen molar-refractivity contribution in [2.24, 2.45) is 0 Å². The van der Waals surface area contributed by atoms with Crippen LogP contribution >= 0.6 is 46.8 Å². The number of amides is 1. The molecule has 0 unspecified atom stereocenters. The average molecular weight is 373 g/mol. The van der Waals surface area contributed by atoms with Crippen LogP contribution < -0.4 is 14.2 Å². The number of ether oxygens (including phenoxy) is 3. The molecule has 1 amide bonds. The van der Waals surface area contributed by atoms with Crippen LogP contribution in [0.3, 0.4) is 0 Å². The van der Waals surface area contributed by atoms with E-state index in [1.807, 2.05) is 0 Å². The van der Waals surface area contributed by atoms with Gasteiger partial charge in [-0.1, -0.05) is 46.9 Å². The maximum absolute atomic E-state index is 11.5. The molecule has 1 aliphatic rings. The second kappa shape index (κ2) is 6.20. The van der Waals surface area contributed by atoms with E-state index >= 15 is 0 Å². The summed E-state index contributed by atoms with van der Waals surface area (Å²) in [6.45, 7) is 3.60. The fraction of sp³-hybridized carbons (Fsp3) is 0.417. The van der Waals surface area contributed by atoms with E-state index in [9.17, 15) is 4.79 Å². The third-order valence-electron chi connectivity index (χ3n) is 2.37. The van der Waals surface area contributed by atoms with Crippen LogP contribution in [0.5, 0.6) is 11.5 Å². The third kappa shape index (κ3) is 4.92. The summed E-state index contributed by atoms with van der Waals surface area (Å²) in [4.78, 5) is 11.5. The van der Waals surface area contributed by atoms with Gasteiger partial charge in [-0.3, -0.25) is 4.72 Å². The number of carbonyl (C=O) groups is 1. The van der Waals surface area contributed by atoms with Gasteiger partial charge in [-0.05, 0) is 6.07 Å². The number of hydrogen-bond donors (Lipinski definition) is 1. The van der Waals surface area contributed by atoms with E-state index in [0.29, 0.717) is 29.0 Å². The predicted octanol–water partition coefficient (Wildman–Crippen LogP) is 4.40. The van der Waals surface area contributed by atoms with Gasteiger partial charge < -0.3 is 14.2 Å². The van der Waals surface area contributed by atoms with Crippen LogP contribution in [0.25, 0.3) is 0 Å². The van der Waals surface area contributed by atoms with E-state index in [1.165, 1.54) is 0 Å². The SMILES string of the molecule is CC1(C)Oc2cccc(COC(=O)NSC(Cl)(Cl)Cl)c2O1. The van der Waals surface area contributed by atoms with Crippen LogP contribution in [0.1, 0.15) is 19.4 Å². The van der Waals surface area contributed by atoms with E-state index in [1.54, 1.807) is 32.0 Å². The highest BCUT2D eigenvalue weighted by Crippen LogP contribution is 2.42. The molecule has 0 aromatic heterocycles. The first kappa shape index (κ1) is 16.7. The van der Waals surface area contributed by atoms with E-state index in [-0.39, 0.29) is 6.61 Å². The number of rotatable bonds is 3. The number of para-hydroxylation sites is 1. The molecule has 1 heterocycles. The summed E-state index contributed by atoms with van der Waals surface area (Å²) in [6, 6.07) is 5.35. The van der Waals surface area contributed by atoms with Gasteiger partial charge >= 0.3 is 6.09 Å². The van der Waals surface area contributed by atoms with Crippen LogP contribution in [-0.4, -0.2) is 15.0 Å². The molecule has 0 atom stereocenters. The van der Waals surface area contributed by atoms with Crippen LogP contribution in [0.15, 0.2) is 18.2 Å². The summed E-state index contributed by atoms with van der Waals surface area (Å²) in [5.41, 5.74) is 0.687. The molecule has 5 nitrogen and oxygen atoms in total. The molecule has 1 aliphatic heterocycles. The van der Waals surface area contributed by atoms with Gasteiger partial charge in [0.05, 0.1) is 0 Å². The van der Waals surface area contributed by atoms with Gasteiger partial charge in [0, 0.05) is 31.4 Å². The summed E-state index contributed by atoms with van der Waals surface area (Å²) in [7, 11) is 0. The standard InChI is InChI=1S/C12H12Cl3NO4S/c1-11(2)19-8-5-3-4-7(9(8)20-11)6-18-10(17)16-21-12(13,14)15/h3-5H,6H2,1-2H3,(H,16,17). The minimum absolute atomic E-state index is 0.00879. The van der Waals surface area contributed by atoms with Crippen molar-refractivity contribution in [1.82, 2.24) is 4.72 Å². The second-order valence-electron chi connectivity index (χ2n) is 4.57. The average Bonchev–Trinajstić information content (AvgIpc) is 2.67. The van der Waals surface area contributed by atoms with Gasteiger partial charge in [-0.25, -0.2) is 4.79 Å². The zero-order valence-electron chi connectivity index (χ0n) is 11.1. The third-order valence-corrected chi connectivity index (χ3v) is 3.57. The Morgan fingerprint density at radius 3 is 2.76 bits per heavy atom. The Balaban J connectivity index is 1.94. The first-order chi connectivity index (χ1) is 9.66. The monoisotopic (exact) mass is 371 g/mol. The lowest BCUT2D eigenvalue weighted by atomic mass is 10.2. The second-order valence-corrected chi connectivity index (χ2v) is 8.55. The van der Waals surface area contributed by atoms with Crippen LogP contribution in [0.2, 0.25) is 0 Å². The lowest BCUT2D eigenvalue weighted by Crippen LogP contribution is -2.30. The number of halogens is 3. The molecule has 0 aliphatic carbocycles. The van der Waals surface area contributed by atoms with Crippen molar-refractivity contribution >= 4 is 52.8 Å². The van der Waals surface area contributed by atoms with Crippen molar-refractivity contribution in [3.63, 3.8) is 0 Å². The normalized spacial score (nSPS) is 15.7. The van der Waals surface area contributed by atoms with Crippen molar-refractivity contribution in [3.8, 4) is 11.5 Å². The van der Waals surface area contributed by atoms with Crippen LogP contribution in [-0.2, 0) is 11.3 Å². The van der Waals surface area contributed by atoms with Crippen molar-refractivity contribution in [1.29, 1.82) is 0 Å². The fourth-order valence-electron chi connectivity index (χ4n) is 1.67. The molecule has 2 rings (SSSR count). The summed E-state index contributed by atoms with van der Waals surface area (Å²) in [5, 5.41) is 0. The Morgan fingerprint density at radius 2 is 2.10 bits per heavy atom. The number of carbonyl (C=O) groups excluding carboxylic acids is 1. The first-order valence-electron chi connectivity index (χ1n) is 5.84. The minimum atomic E-state index is -1.64. The highest BCUT2D eigenvalue weighted by Gasteiger charge is 2.33. The van der Waals surface area contributed by atoms with Crippen molar-refractivity contribution in [2.75, 3.05) is 0 Å². The number of benzene rings is 1. The summed E-state index contributed by atoms with van der Waals surface area (Å²) in [6.07, 6.45) is -0.720. The smallest absolute Gasteiger partial charge is 0.417 e. The molecular weight excluding hydrogens is 361 g/mol. The molecule has 21 heavy (non-hydrogen) atoms. The summed E-state index contributed by atoms with van der Waals surface area (Å²) >= 11 is 17.1. The Labute approximate surface area is 141 Å². The summed E-state index contributed by atoms with van der Waals surface area (Å²) in [5.74, 6) is 0.424. The Kier molecular flexibility index (Phi) is 4.92. The number of hydrogen-bond acceptors (Lipinski definition) is 5. The van der Waals surface area contributed by atoms with E-state index in [4.69, 9.17) is 49.0 Å². The molecular formula is C12H12Cl3NO4S. The zero-order chi connectivity index (χ0) is 15.7. The molecule has 0 spiro atoms. The fourth-order valence-corrected chi connectivity index (χ4v) is 2.28. The first-order valence-corrected chi connectivity index (χ1v) is 7.79. The van der Waals surface area contributed by atoms with E-state index in [0.717, 1.165) is 0 Å². The van der Waals surface area contributed by atoms with Gasteiger partial charge in [0.25, 0.3) is 3.12 Å². The Hall–Kier alpha value is -0.690. The topological polar surface area (TPSA) is 56.8 Å². The van der Waals surface area contributed by atoms with Gasteiger partial charge in [0.2, 0.25) is 5.79 Å².